The Morgan fingerprint density at radius 1 is 1.17 bits per heavy atom. The Hall–Kier alpha value is -1.37. The molecular formula is C16H24Cl2N4O2. The minimum absolute atomic E-state index is 0. The van der Waals surface area contributed by atoms with Gasteiger partial charge in [-0.3, -0.25) is 14.6 Å². The van der Waals surface area contributed by atoms with E-state index in [0.717, 1.165) is 19.3 Å². The van der Waals surface area contributed by atoms with Crippen LogP contribution in [0, 0.1) is 17.8 Å². The summed E-state index contributed by atoms with van der Waals surface area (Å²) in [7, 11) is 0. The van der Waals surface area contributed by atoms with Crippen molar-refractivity contribution >= 4 is 42.3 Å². The molecule has 4 unspecified atom stereocenters. The smallest absolute Gasteiger partial charge is 0.226 e. The molecule has 4 atom stereocenters. The van der Waals surface area contributed by atoms with Crippen molar-refractivity contribution in [1.82, 2.24) is 10.3 Å². The molecule has 2 aliphatic rings. The van der Waals surface area contributed by atoms with E-state index < -0.39 is 0 Å². The van der Waals surface area contributed by atoms with Crippen molar-refractivity contribution in [3.63, 3.8) is 0 Å². The van der Waals surface area contributed by atoms with E-state index in [1.807, 2.05) is 0 Å². The molecule has 0 radical (unpaired) electrons. The number of amides is 2. The molecule has 134 valence electrons. The van der Waals surface area contributed by atoms with Crippen LogP contribution in [0.2, 0.25) is 0 Å². The molecule has 0 spiro atoms. The first-order valence-electron chi connectivity index (χ1n) is 7.88. The summed E-state index contributed by atoms with van der Waals surface area (Å²) >= 11 is 0. The number of nitrogens with zero attached hydrogens (tertiary/aromatic N) is 1. The fraction of sp³-hybridized carbons (Fsp3) is 0.562. The molecule has 0 aromatic carbocycles. The van der Waals surface area contributed by atoms with Gasteiger partial charge in [-0.25, -0.2) is 0 Å². The Bertz CT molecular complexity index is 556. The van der Waals surface area contributed by atoms with Gasteiger partial charge in [0.15, 0.2) is 0 Å². The number of aromatic nitrogens is 1. The third kappa shape index (κ3) is 4.59. The van der Waals surface area contributed by atoms with E-state index in [4.69, 9.17) is 5.73 Å². The summed E-state index contributed by atoms with van der Waals surface area (Å²) in [4.78, 5) is 27.9. The maximum atomic E-state index is 12.3. The van der Waals surface area contributed by atoms with Gasteiger partial charge in [-0.05, 0) is 43.2 Å². The van der Waals surface area contributed by atoms with Crippen LogP contribution < -0.4 is 16.4 Å². The van der Waals surface area contributed by atoms with Gasteiger partial charge < -0.3 is 16.4 Å². The van der Waals surface area contributed by atoms with Crippen molar-refractivity contribution in [3.8, 4) is 0 Å². The monoisotopic (exact) mass is 374 g/mol. The van der Waals surface area contributed by atoms with E-state index in [1.165, 1.54) is 0 Å². The highest BCUT2D eigenvalue weighted by Gasteiger charge is 2.48. The molecule has 6 nitrogen and oxygen atoms in total. The molecule has 2 amide bonds. The predicted octanol–water partition coefficient (Wildman–Crippen LogP) is 1.74. The zero-order valence-electron chi connectivity index (χ0n) is 13.3. The Labute approximate surface area is 154 Å². The molecule has 0 saturated heterocycles. The Kier molecular flexibility index (Phi) is 7.93. The molecule has 0 aliphatic heterocycles. The number of hydrogen-bond acceptors (Lipinski definition) is 4. The third-order valence-corrected chi connectivity index (χ3v) is 4.90. The third-order valence-electron chi connectivity index (χ3n) is 4.90. The molecule has 2 fully saturated rings. The van der Waals surface area contributed by atoms with Gasteiger partial charge in [-0.15, -0.1) is 24.8 Å². The molecule has 1 aromatic heterocycles. The lowest BCUT2D eigenvalue weighted by Gasteiger charge is -2.26. The molecule has 8 heteroatoms. The molecule has 2 bridgehead atoms. The van der Waals surface area contributed by atoms with Crippen LogP contribution in [-0.2, 0) is 9.59 Å². The van der Waals surface area contributed by atoms with Crippen LogP contribution in [0.3, 0.4) is 0 Å². The van der Waals surface area contributed by atoms with E-state index in [2.05, 4.69) is 15.6 Å². The number of anilines is 1. The maximum absolute atomic E-state index is 12.3. The topological polar surface area (TPSA) is 97.1 Å². The van der Waals surface area contributed by atoms with Gasteiger partial charge in [-0.1, -0.05) is 0 Å². The van der Waals surface area contributed by atoms with Crippen LogP contribution in [0.4, 0.5) is 5.69 Å². The fourth-order valence-corrected chi connectivity index (χ4v) is 3.80. The van der Waals surface area contributed by atoms with Crippen molar-refractivity contribution in [2.75, 3.05) is 11.9 Å². The van der Waals surface area contributed by atoms with E-state index >= 15 is 0 Å². The van der Waals surface area contributed by atoms with E-state index in [-0.39, 0.29) is 55.0 Å². The largest absolute Gasteiger partial charge is 0.355 e. The molecule has 1 heterocycles. The van der Waals surface area contributed by atoms with E-state index in [9.17, 15) is 9.59 Å². The highest BCUT2D eigenvalue weighted by atomic mass is 35.5. The zero-order chi connectivity index (χ0) is 15.5. The van der Waals surface area contributed by atoms with Crippen molar-refractivity contribution in [1.29, 1.82) is 0 Å². The maximum Gasteiger partial charge on any atom is 0.226 e. The molecule has 1 aromatic rings. The summed E-state index contributed by atoms with van der Waals surface area (Å²) in [6, 6.07) is 3.44. The number of hydrogen-bond donors (Lipinski definition) is 3. The van der Waals surface area contributed by atoms with Crippen molar-refractivity contribution in [2.24, 2.45) is 23.5 Å². The SMILES string of the molecule is Cl.Cl.NC1C2CCC(C2)C1C(=O)NCCC(=O)Nc1ccncc1. The summed E-state index contributed by atoms with van der Waals surface area (Å²) < 4.78 is 0. The van der Waals surface area contributed by atoms with Gasteiger partial charge in [0.05, 0.1) is 5.92 Å². The van der Waals surface area contributed by atoms with Crippen LogP contribution in [0.5, 0.6) is 0 Å². The quantitative estimate of drug-likeness (QED) is 0.730. The number of nitrogens with two attached hydrogens (primary N) is 1. The highest BCUT2D eigenvalue weighted by molar-refractivity contribution is 5.91. The van der Waals surface area contributed by atoms with Gasteiger partial charge in [0, 0.05) is 37.1 Å². The van der Waals surface area contributed by atoms with E-state index in [1.54, 1.807) is 24.5 Å². The zero-order valence-corrected chi connectivity index (χ0v) is 14.9. The standard InChI is InChI=1S/C16H22N4O2.2ClH/c17-15-11-2-1-10(9-11)14(15)16(22)19-8-5-13(21)20-12-3-6-18-7-4-12;;/h3-4,6-7,10-11,14-15H,1-2,5,8-9,17H2,(H,19,22)(H,18,20,21);2*1H. The molecule has 24 heavy (non-hydrogen) atoms. The minimum atomic E-state index is -0.122. The summed E-state index contributed by atoms with van der Waals surface area (Å²) in [5.74, 6) is 0.767. The van der Waals surface area contributed by atoms with Crippen LogP contribution in [0.1, 0.15) is 25.7 Å². The average molecular weight is 375 g/mol. The highest BCUT2D eigenvalue weighted by Crippen LogP contribution is 2.47. The first kappa shape index (κ1) is 20.7. The molecule has 4 N–H and O–H groups in total. The van der Waals surface area contributed by atoms with Crippen molar-refractivity contribution in [3.05, 3.63) is 24.5 Å². The second-order valence-electron chi connectivity index (χ2n) is 6.26. The van der Waals surface area contributed by atoms with Gasteiger partial charge in [0.1, 0.15) is 0 Å². The Balaban J connectivity index is 0.00000144. The van der Waals surface area contributed by atoms with Crippen LogP contribution in [0.15, 0.2) is 24.5 Å². The number of nitrogens with one attached hydrogen (secondary N) is 2. The number of carbonyl (C=O) groups is 2. The predicted molar refractivity (Wildman–Crippen MR) is 97.3 cm³/mol. The van der Waals surface area contributed by atoms with Crippen LogP contribution in [0.25, 0.3) is 0 Å². The first-order chi connectivity index (χ1) is 10.6. The second kappa shape index (κ2) is 9.20. The van der Waals surface area contributed by atoms with Gasteiger partial charge >= 0.3 is 0 Å². The second-order valence-corrected chi connectivity index (χ2v) is 6.26. The normalized spacial score (nSPS) is 26.9. The lowest BCUT2D eigenvalue weighted by Crippen LogP contribution is -2.45. The summed E-state index contributed by atoms with van der Waals surface area (Å²) in [5.41, 5.74) is 6.86. The summed E-state index contributed by atoms with van der Waals surface area (Å²) in [6.07, 6.45) is 6.84. The molecule has 2 aliphatic carbocycles. The van der Waals surface area contributed by atoms with Crippen molar-refractivity contribution < 1.29 is 9.59 Å². The number of halogens is 2. The van der Waals surface area contributed by atoms with Gasteiger partial charge in [-0.2, -0.15) is 0 Å². The Morgan fingerprint density at radius 3 is 2.46 bits per heavy atom. The lowest BCUT2D eigenvalue weighted by molar-refractivity contribution is -0.127. The first-order valence-corrected chi connectivity index (χ1v) is 7.88. The Morgan fingerprint density at radius 2 is 1.83 bits per heavy atom. The van der Waals surface area contributed by atoms with Gasteiger partial charge in [0.2, 0.25) is 11.8 Å². The minimum Gasteiger partial charge on any atom is -0.355 e. The molecule has 2 saturated carbocycles. The summed E-state index contributed by atoms with van der Waals surface area (Å²) in [6.45, 7) is 0.344. The molecule has 3 rings (SSSR count). The lowest BCUT2D eigenvalue weighted by atomic mass is 9.84. The van der Waals surface area contributed by atoms with E-state index in [0.29, 0.717) is 24.1 Å². The van der Waals surface area contributed by atoms with Gasteiger partial charge in [0.25, 0.3) is 0 Å². The molecular weight excluding hydrogens is 351 g/mol. The summed E-state index contributed by atoms with van der Waals surface area (Å²) in [5, 5.41) is 5.63. The number of rotatable bonds is 5. The number of carbonyl (C=O) groups excluding carboxylic acids is 2. The average Bonchev–Trinajstić information content (AvgIpc) is 3.09. The van der Waals surface area contributed by atoms with Crippen LogP contribution >= 0.6 is 24.8 Å². The fourth-order valence-electron chi connectivity index (χ4n) is 3.80. The number of fused-ring (bicyclic) bond motifs is 2. The van der Waals surface area contributed by atoms with Crippen LogP contribution in [-0.4, -0.2) is 29.4 Å². The number of pyridine rings is 1. The van der Waals surface area contributed by atoms with Crippen molar-refractivity contribution in [2.45, 2.75) is 31.7 Å².